The molecular weight excluding hydrogens is 274 g/mol. The van der Waals surface area contributed by atoms with E-state index in [0.717, 1.165) is 5.56 Å². The van der Waals surface area contributed by atoms with Crippen LogP contribution in [0, 0.1) is 0 Å². The molecule has 0 bridgehead atoms. The van der Waals surface area contributed by atoms with Crippen molar-refractivity contribution in [2.45, 2.75) is 6.42 Å². The van der Waals surface area contributed by atoms with Crippen molar-refractivity contribution in [2.75, 3.05) is 5.73 Å². The van der Waals surface area contributed by atoms with Gasteiger partial charge in [0.25, 0.3) is 5.56 Å². The standard InChI is InChI=1S/C13H11N5O3/c14-12-17-10-9(11(19)18(12)13(20)21)15-8(16-10)6-7-4-2-1-3-5-7/h1-5H,6H2,(H2,14,17)(H,15,16)(H,20,21). The summed E-state index contributed by atoms with van der Waals surface area (Å²) < 4.78 is 0.382. The number of fused-ring (bicyclic) bond motifs is 1. The normalized spacial score (nSPS) is 10.9. The highest BCUT2D eigenvalue weighted by atomic mass is 16.4. The maximum absolute atomic E-state index is 12.0. The molecule has 0 atom stereocenters. The minimum absolute atomic E-state index is 0.0255. The predicted molar refractivity (Wildman–Crippen MR) is 75.2 cm³/mol. The van der Waals surface area contributed by atoms with Crippen molar-refractivity contribution < 1.29 is 9.90 Å². The molecule has 8 nitrogen and oxygen atoms in total. The van der Waals surface area contributed by atoms with Gasteiger partial charge in [0.05, 0.1) is 0 Å². The number of carboxylic acid groups (broad SMARTS) is 1. The van der Waals surface area contributed by atoms with Crippen LogP contribution in [0.4, 0.5) is 10.7 Å². The molecule has 0 aliphatic carbocycles. The van der Waals surface area contributed by atoms with E-state index in [0.29, 0.717) is 16.8 Å². The minimum Gasteiger partial charge on any atom is -0.464 e. The number of aromatic amines is 1. The Morgan fingerprint density at radius 3 is 2.67 bits per heavy atom. The average Bonchev–Trinajstić information content (AvgIpc) is 2.82. The highest BCUT2D eigenvalue weighted by Crippen LogP contribution is 2.11. The van der Waals surface area contributed by atoms with Gasteiger partial charge < -0.3 is 15.8 Å². The first kappa shape index (κ1) is 12.9. The smallest absolute Gasteiger partial charge is 0.421 e. The lowest BCUT2D eigenvalue weighted by atomic mass is 10.1. The Balaban J connectivity index is 2.11. The number of H-pyrrole nitrogens is 1. The maximum atomic E-state index is 12.0. The first-order chi connectivity index (χ1) is 10.1. The van der Waals surface area contributed by atoms with Gasteiger partial charge in [-0.15, -0.1) is 0 Å². The molecule has 2 aromatic heterocycles. The van der Waals surface area contributed by atoms with E-state index >= 15 is 0 Å². The number of hydrogen-bond donors (Lipinski definition) is 3. The summed E-state index contributed by atoms with van der Waals surface area (Å²) in [5.41, 5.74) is 5.83. The van der Waals surface area contributed by atoms with Gasteiger partial charge in [0, 0.05) is 6.42 Å². The fraction of sp³-hybridized carbons (Fsp3) is 0.0769. The first-order valence-corrected chi connectivity index (χ1v) is 6.10. The Kier molecular flexibility index (Phi) is 2.90. The molecule has 106 valence electrons. The van der Waals surface area contributed by atoms with Crippen molar-refractivity contribution in [3.63, 3.8) is 0 Å². The summed E-state index contributed by atoms with van der Waals surface area (Å²) >= 11 is 0. The Hall–Kier alpha value is -3.16. The number of aromatic nitrogens is 4. The summed E-state index contributed by atoms with van der Waals surface area (Å²) in [6.07, 6.45) is -1.00. The SMILES string of the molecule is Nc1nc2nc(Cc3ccccc3)[nH]c2c(=O)n1C(=O)O. The molecule has 8 heteroatoms. The summed E-state index contributed by atoms with van der Waals surface area (Å²) in [7, 11) is 0. The van der Waals surface area contributed by atoms with E-state index < -0.39 is 17.6 Å². The number of carbonyl (C=O) groups is 1. The molecule has 3 aromatic rings. The number of nitrogens with zero attached hydrogens (tertiary/aromatic N) is 3. The number of benzene rings is 1. The molecule has 0 fully saturated rings. The third-order valence-electron chi connectivity index (χ3n) is 3.01. The Morgan fingerprint density at radius 2 is 2.00 bits per heavy atom. The number of nitrogens with two attached hydrogens (primary N) is 1. The van der Waals surface area contributed by atoms with Crippen LogP contribution in [0.25, 0.3) is 11.2 Å². The van der Waals surface area contributed by atoms with Crippen LogP contribution < -0.4 is 11.3 Å². The van der Waals surface area contributed by atoms with E-state index in [1.165, 1.54) is 0 Å². The van der Waals surface area contributed by atoms with E-state index in [1.807, 2.05) is 30.3 Å². The van der Waals surface area contributed by atoms with E-state index in [4.69, 9.17) is 10.8 Å². The number of hydrogen-bond acceptors (Lipinski definition) is 5. The number of anilines is 1. The second-order valence-corrected chi connectivity index (χ2v) is 4.44. The molecular formula is C13H11N5O3. The van der Waals surface area contributed by atoms with Gasteiger partial charge in [-0.05, 0) is 5.56 Å². The van der Waals surface area contributed by atoms with Crippen LogP contribution >= 0.6 is 0 Å². The zero-order valence-corrected chi connectivity index (χ0v) is 10.8. The monoisotopic (exact) mass is 285 g/mol. The fourth-order valence-electron chi connectivity index (χ4n) is 2.07. The van der Waals surface area contributed by atoms with Crippen molar-refractivity contribution >= 4 is 23.2 Å². The van der Waals surface area contributed by atoms with Crippen LogP contribution in [-0.4, -0.2) is 30.7 Å². The second kappa shape index (κ2) is 4.75. The summed E-state index contributed by atoms with van der Waals surface area (Å²) in [6, 6.07) is 9.53. The molecule has 0 aliphatic rings. The van der Waals surface area contributed by atoms with Gasteiger partial charge in [0.2, 0.25) is 5.95 Å². The summed E-state index contributed by atoms with van der Waals surface area (Å²) in [5, 5.41) is 8.96. The molecule has 2 heterocycles. The molecule has 1 aromatic carbocycles. The third kappa shape index (κ3) is 2.22. The molecule has 0 unspecified atom stereocenters. The second-order valence-electron chi connectivity index (χ2n) is 4.44. The molecule has 0 saturated carbocycles. The van der Waals surface area contributed by atoms with Gasteiger partial charge in [-0.1, -0.05) is 30.3 Å². The largest absolute Gasteiger partial charge is 0.464 e. The molecule has 3 rings (SSSR count). The van der Waals surface area contributed by atoms with Crippen LogP contribution in [0.15, 0.2) is 35.1 Å². The number of nitrogen functional groups attached to an aromatic ring is 1. The summed E-state index contributed by atoms with van der Waals surface area (Å²) in [6.45, 7) is 0. The van der Waals surface area contributed by atoms with E-state index in [-0.39, 0.29) is 11.2 Å². The number of imidazole rings is 1. The van der Waals surface area contributed by atoms with Crippen LogP contribution in [0.2, 0.25) is 0 Å². The molecule has 0 amide bonds. The average molecular weight is 285 g/mol. The topological polar surface area (TPSA) is 127 Å². The highest BCUT2D eigenvalue weighted by Gasteiger charge is 2.17. The van der Waals surface area contributed by atoms with Gasteiger partial charge in [0.15, 0.2) is 11.2 Å². The lowest BCUT2D eigenvalue weighted by molar-refractivity contribution is 0.196. The molecule has 0 saturated heterocycles. The van der Waals surface area contributed by atoms with Gasteiger partial charge in [0.1, 0.15) is 5.82 Å². The van der Waals surface area contributed by atoms with Crippen molar-refractivity contribution in [3.05, 3.63) is 52.1 Å². The van der Waals surface area contributed by atoms with Crippen molar-refractivity contribution in [2.24, 2.45) is 0 Å². The van der Waals surface area contributed by atoms with Crippen LogP contribution in [0.3, 0.4) is 0 Å². The number of nitrogens with one attached hydrogen (secondary N) is 1. The lowest BCUT2D eigenvalue weighted by Crippen LogP contribution is -2.29. The van der Waals surface area contributed by atoms with Crippen LogP contribution in [-0.2, 0) is 6.42 Å². The van der Waals surface area contributed by atoms with Crippen LogP contribution in [0.5, 0.6) is 0 Å². The van der Waals surface area contributed by atoms with E-state index in [2.05, 4.69) is 15.0 Å². The van der Waals surface area contributed by atoms with E-state index in [9.17, 15) is 9.59 Å². The van der Waals surface area contributed by atoms with Crippen molar-refractivity contribution in [1.29, 1.82) is 0 Å². The zero-order chi connectivity index (χ0) is 15.0. The lowest BCUT2D eigenvalue weighted by Gasteiger charge is -2.00. The Bertz CT molecular complexity index is 882. The van der Waals surface area contributed by atoms with E-state index in [1.54, 1.807) is 0 Å². The Morgan fingerprint density at radius 1 is 1.29 bits per heavy atom. The van der Waals surface area contributed by atoms with Crippen LogP contribution in [0.1, 0.15) is 11.4 Å². The molecule has 21 heavy (non-hydrogen) atoms. The Labute approximate surface area is 117 Å². The van der Waals surface area contributed by atoms with Gasteiger partial charge >= 0.3 is 6.09 Å². The summed E-state index contributed by atoms with van der Waals surface area (Å²) in [5.74, 6) is 0.112. The zero-order valence-electron chi connectivity index (χ0n) is 10.8. The van der Waals surface area contributed by atoms with Gasteiger partial charge in [-0.3, -0.25) is 4.79 Å². The van der Waals surface area contributed by atoms with Crippen molar-refractivity contribution in [1.82, 2.24) is 19.5 Å². The maximum Gasteiger partial charge on any atom is 0.421 e. The summed E-state index contributed by atoms with van der Waals surface area (Å²) in [4.78, 5) is 33.9. The van der Waals surface area contributed by atoms with Crippen molar-refractivity contribution in [3.8, 4) is 0 Å². The van der Waals surface area contributed by atoms with Gasteiger partial charge in [-0.25, -0.2) is 9.78 Å². The quantitative estimate of drug-likeness (QED) is 0.639. The molecule has 4 N–H and O–H groups in total. The minimum atomic E-state index is -1.48. The first-order valence-electron chi connectivity index (χ1n) is 6.10. The number of rotatable bonds is 2. The van der Waals surface area contributed by atoms with Gasteiger partial charge in [-0.2, -0.15) is 9.55 Å². The third-order valence-corrected chi connectivity index (χ3v) is 3.01. The molecule has 0 radical (unpaired) electrons. The molecule has 0 aliphatic heterocycles. The highest BCUT2D eigenvalue weighted by molar-refractivity contribution is 5.78. The fourth-order valence-corrected chi connectivity index (χ4v) is 2.07. The predicted octanol–water partition coefficient (Wildman–Crippen LogP) is 0.819. The molecule has 0 spiro atoms.